The standard InChI is InChI=1S/C13H17F3O/c1-3-12(17)7-5-10-4-6-11(8-9(10)2)13(14,15)16/h4,6,8,12,17H,3,5,7H2,1-2H3. The molecular formula is C13H17F3O. The lowest BCUT2D eigenvalue weighted by atomic mass is 9.99. The molecule has 0 heterocycles. The Bertz CT molecular complexity index is 371. The van der Waals surface area contributed by atoms with Crippen LogP contribution in [-0.2, 0) is 12.6 Å². The molecule has 1 unspecified atom stereocenters. The normalized spacial score (nSPS) is 13.8. The van der Waals surface area contributed by atoms with E-state index >= 15 is 0 Å². The van der Waals surface area contributed by atoms with Crippen LogP contribution in [0.1, 0.15) is 36.5 Å². The van der Waals surface area contributed by atoms with Crippen molar-refractivity contribution in [1.29, 1.82) is 0 Å². The molecule has 0 aromatic heterocycles. The van der Waals surface area contributed by atoms with Crippen LogP contribution in [0.3, 0.4) is 0 Å². The quantitative estimate of drug-likeness (QED) is 0.858. The molecule has 1 atom stereocenters. The van der Waals surface area contributed by atoms with Crippen molar-refractivity contribution >= 4 is 0 Å². The number of rotatable bonds is 4. The van der Waals surface area contributed by atoms with Gasteiger partial charge in [-0.1, -0.05) is 13.0 Å². The zero-order valence-corrected chi connectivity index (χ0v) is 10.0. The first-order valence-electron chi connectivity index (χ1n) is 5.69. The Balaban J connectivity index is 2.77. The number of alkyl halides is 3. The Morgan fingerprint density at radius 3 is 2.41 bits per heavy atom. The van der Waals surface area contributed by atoms with Gasteiger partial charge in [-0.25, -0.2) is 0 Å². The number of aryl methyl sites for hydroxylation is 2. The van der Waals surface area contributed by atoms with E-state index in [-0.39, 0.29) is 6.10 Å². The molecule has 96 valence electrons. The minimum absolute atomic E-state index is 0.378. The summed E-state index contributed by atoms with van der Waals surface area (Å²) in [4.78, 5) is 0. The first kappa shape index (κ1) is 14.0. The Labute approximate surface area is 99.3 Å². The van der Waals surface area contributed by atoms with Crippen molar-refractivity contribution in [1.82, 2.24) is 0 Å². The maximum absolute atomic E-state index is 12.4. The third-order valence-electron chi connectivity index (χ3n) is 2.89. The maximum Gasteiger partial charge on any atom is 0.416 e. The molecule has 0 saturated heterocycles. The van der Waals surface area contributed by atoms with Crippen molar-refractivity contribution in [3.05, 3.63) is 34.9 Å². The highest BCUT2D eigenvalue weighted by Crippen LogP contribution is 2.30. The fourth-order valence-electron chi connectivity index (χ4n) is 1.68. The van der Waals surface area contributed by atoms with Crippen molar-refractivity contribution in [2.24, 2.45) is 0 Å². The smallest absolute Gasteiger partial charge is 0.393 e. The second-order valence-electron chi connectivity index (χ2n) is 4.24. The first-order valence-corrected chi connectivity index (χ1v) is 5.69. The highest BCUT2D eigenvalue weighted by molar-refractivity contribution is 5.32. The number of benzene rings is 1. The average Bonchev–Trinajstić information content (AvgIpc) is 2.25. The monoisotopic (exact) mass is 246 g/mol. The highest BCUT2D eigenvalue weighted by Gasteiger charge is 2.30. The molecule has 17 heavy (non-hydrogen) atoms. The second kappa shape index (κ2) is 5.54. The summed E-state index contributed by atoms with van der Waals surface area (Å²) in [5, 5.41) is 9.41. The van der Waals surface area contributed by atoms with E-state index in [1.54, 1.807) is 6.92 Å². The van der Waals surface area contributed by atoms with Gasteiger partial charge in [-0.2, -0.15) is 13.2 Å². The number of hydrogen-bond donors (Lipinski definition) is 1. The predicted molar refractivity (Wildman–Crippen MR) is 60.8 cm³/mol. The zero-order valence-electron chi connectivity index (χ0n) is 10.0. The van der Waals surface area contributed by atoms with Crippen LogP contribution in [0.4, 0.5) is 13.2 Å². The summed E-state index contributed by atoms with van der Waals surface area (Å²) in [6.07, 6.45) is -2.80. The van der Waals surface area contributed by atoms with Crippen LogP contribution in [0.25, 0.3) is 0 Å². The Kier molecular flexibility index (Phi) is 4.57. The molecular weight excluding hydrogens is 229 g/mol. The van der Waals surface area contributed by atoms with Gasteiger partial charge in [0.25, 0.3) is 0 Å². The largest absolute Gasteiger partial charge is 0.416 e. The zero-order chi connectivity index (χ0) is 13.1. The van der Waals surface area contributed by atoms with Gasteiger partial charge in [0.2, 0.25) is 0 Å². The van der Waals surface area contributed by atoms with Crippen LogP contribution >= 0.6 is 0 Å². The Morgan fingerprint density at radius 1 is 1.29 bits per heavy atom. The summed E-state index contributed by atoms with van der Waals surface area (Å²) in [6, 6.07) is 3.76. The number of aliphatic hydroxyl groups excluding tert-OH is 1. The Morgan fingerprint density at radius 2 is 1.94 bits per heavy atom. The fourth-order valence-corrected chi connectivity index (χ4v) is 1.68. The highest BCUT2D eigenvalue weighted by atomic mass is 19.4. The fraction of sp³-hybridized carbons (Fsp3) is 0.538. The lowest BCUT2D eigenvalue weighted by molar-refractivity contribution is -0.137. The summed E-state index contributed by atoms with van der Waals surface area (Å²) >= 11 is 0. The van der Waals surface area contributed by atoms with Gasteiger partial charge in [-0.3, -0.25) is 0 Å². The SMILES string of the molecule is CCC(O)CCc1ccc(C(F)(F)F)cc1C. The summed E-state index contributed by atoms with van der Waals surface area (Å²) in [6.45, 7) is 3.55. The molecule has 0 aliphatic rings. The van der Waals surface area contributed by atoms with E-state index in [2.05, 4.69) is 0 Å². The summed E-state index contributed by atoms with van der Waals surface area (Å²) < 4.78 is 37.3. The molecule has 1 N–H and O–H groups in total. The molecule has 0 aliphatic heterocycles. The lowest BCUT2D eigenvalue weighted by Crippen LogP contribution is -2.08. The van der Waals surface area contributed by atoms with Crippen molar-refractivity contribution in [3.8, 4) is 0 Å². The third kappa shape index (κ3) is 4.04. The third-order valence-corrected chi connectivity index (χ3v) is 2.89. The van der Waals surface area contributed by atoms with Crippen molar-refractivity contribution < 1.29 is 18.3 Å². The van der Waals surface area contributed by atoms with Crippen molar-refractivity contribution in [2.75, 3.05) is 0 Å². The van der Waals surface area contributed by atoms with Crippen molar-refractivity contribution in [2.45, 2.75) is 45.4 Å². The van der Waals surface area contributed by atoms with Crippen LogP contribution in [0, 0.1) is 6.92 Å². The van der Waals surface area contributed by atoms with Gasteiger partial charge >= 0.3 is 6.18 Å². The molecule has 1 rings (SSSR count). The van der Waals surface area contributed by atoms with Gasteiger partial charge in [0.1, 0.15) is 0 Å². The summed E-state index contributed by atoms with van der Waals surface area (Å²) in [7, 11) is 0. The lowest BCUT2D eigenvalue weighted by Gasteiger charge is -2.12. The van der Waals surface area contributed by atoms with Gasteiger partial charge in [0.05, 0.1) is 11.7 Å². The van der Waals surface area contributed by atoms with E-state index in [0.29, 0.717) is 24.8 Å². The van der Waals surface area contributed by atoms with Gasteiger partial charge in [-0.05, 0) is 49.4 Å². The second-order valence-corrected chi connectivity index (χ2v) is 4.24. The topological polar surface area (TPSA) is 20.2 Å². The average molecular weight is 246 g/mol. The molecule has 0 bridgehead atoms. The Hall–Kier alpha value is -1.03. The van der Waals surface area contributed by atoms with E-state index in [1.807, 2.05) is 6.92 Å². The molecule has 1 aromatic rings. The van der Waals surface area contributed by atoms with Crippen LogP contribution in [-0.4, -0.2) is 11.2 Å². The molecule has 0 amide bonds. The summed E-state index contributed by atoms with van der Waals surface area (Å²) in [5.41, 5.74) is 0.878. The molecule has 4 heteroatoms. The van der Waals surface area contributed by atoms with E-state index in [9.17, 15) is 18.3 Å². The first-order chi connectivity index (χ1) is 7.84. The van der Waals surface area contributed by atoms with E-state index in [1.165, 1.54) is 6.07 Å². The molecule has 0 radical (unpaired) electrons. The van der Waals surface area contributed by atoms with Crippen molar-refractivity contribution in [3.63, 3.8) is 0 Å². The van der Waals surface area contributed by atoms with Crippen LogP contribution in [0.15, 0.2) is 18.2 Å². The van der Waals surface area contributed by atoms with E-state index in [0.717, 1.165) is 17.7 Å². The molecule has 0 aliphatic carbocycles. The predicted octanol–water partition coefficient (Wildman–Crippen LogP) is 3.72. The van der Waals surface area contributed by atoms with E-state index in [4.69, 9.17) is 0 Å². The minimum Gasteiger partial charge on any atom is -0.393 e. The summed E-state index contributed by atoms with van der Waals surface area (Å²) in [5.74, 6) is 0. The van der Waals surface area contributed by atoms with E-state index < -0.39 is 11.7 Å². The molecule has 1 nitrogen and oxygen atoms in total. The van der Waals surface area contributed by atoms with Crippen LogP contribution in [0.5, 0.6) is 0 Å². The van der Waals surface area contributed by atoms with Gasteiger partial charge < -0.3 is 5.11 Å². The molecule has 0 fully saturated rings. The van der Waals surface area contributed by atoms with Gasteiger partial charge in [0.15, 0.2) is 0 Å². The molecule has 0 spiro atoms. The molecule has 1 aromatic carbocycles. The van der Waals surface area contributed by atoms with Gasteiger partial charge in [-0.15, -0.1) is 0 Å². The number of hydrogen-bond acceptors (Lipinski definition) is 1. The minimum atomic E-state index is -4.29. The number of halogens is 3. The van der Waals surface area contributed by atoms with Crippen LogP contribution in [0.2, 0.25) is 0 Å². The molecule has 0 saturated carbocycles. The van der Waals surface area contributed by atoms with Crippen LogP contribution < -0.4 is 0 Å². The number of aliphatic hydroxyl groups is 1. The maximum atomic E-state index is 12.4. The van der Waals surface area contributed by atoms with Gasteiger partial charge in [0, 0.05) is 0 Å².